The fraction of sp³-hybridized carbons (Fsp3) is 1.00. The molecule has 1 aliphatic rings. The molecule has 1 saturated heterocycles. The zero-order valence-corrected chi connectivity index (χ0v) is 9.70. The maximum atomic E-state index is 5.42. The molecule has 0 amide bonds. The lowest BCUT2D eigenvalue weighted by atomic mass is 10.3. The van der Waals surface area contributed by atoms with Crippen LogP contribution in [0.25, 0.3) is 0 Å². The lowest BCUT2D eigenvalue weighted by Gasteiger charge is -2.23. The van der Waals surface area contributed by atoms with Crippen LogP contribution in [0.1, 0.15) is 13.3 Å². The van der Waals surface area contributed by atoms with Gasteiger partial charge in [-0.25, -0.2) is 0 Å². The van der Waals surface area contributed by atoms with Crippen molar-refractivity contribution in [1.29, 1.82) is 0 Å². The van der Waals surface area contributed by atoms with E-state index in [0.29, 0.717) is 6.10 Å². The van der Waals surface area contributed by atoms with Crippen molar-refractivity contribution >= 4 is 8.80 Å². The van der Waals surface area contributed by atoms with Crippen molar-refractivity contribution in [3.63, 3.8) is 0 Å². The van der Waals surface area contributed by atoms with Gasteiger partial charge in [-0.05, 0) is 6.42 Å². The molecular formula is C8H18O4Si. The quantitative estimate of drug-likeness (QED) is 0.481. The summed E-state index contributed by atoms with van der Waals surface area (Å²) in [7, 11) is 2.48. The highest BCUT2D eigenvalue weighted by molar-refractivity contribution is 6.60. The maximum absolute atomic E-state index is 5.42. The summed E-state index contributed by atoms with van der Waals surface area (Å²) in [6, 6.07) is 0.759. The van der Waals surface area contributed by atoms with Crippen molar-refractivity contribution in [3.05, 3.63) is 0 Å². The molecule has 4 nitrogen and oxygen atoms in total. The van der Waals surface area contributed by atoms with Crippen LogP contribution in [0.4, 0.5) is 0 Å². The van der Waals surface area contributed by atoms with Gasteiger partial charge in [-0.1, -0.05) is 6.92 Å². The molecule has 1 fully saturated rings. The van der Waals surface area contributed by atoms with Gasteiger partial charge in [-0.3, -0.25) is 0 Å². The highest BCUT2D eigenvalue weighted by atomic mass is 28.4. The summed E-state index contributed by atoms with van der Waals surface area (Å²) in [6.45, 7) is 2.11. The van der Waals surface area contributed by atoms with Crippen LogP contribution in [0, 0.1) is 0 Å². The van der Waals surface area contributed by atoms with Crippen LogP contribution in [-0.2, 0) is 18.0 Å². The molecule has 0 radical (unpaired) electrons. The van der Waals surface area contributed by atoms with Crippen molar-refractivity contribution in [2.75, 3.05) is 21.3 Å². The molecule has 1 rings (SSSR count). The minimum Gasteiger partial charge on any atom is -0.377 e. The number of hydrogen-bond acceptors (Lipinski definition) is 4. The summed E-state index contributed by atoms with van der Waals surface area (Å²) in [5.41, 5.74) is 0. The molecule has 0 saturated carbocycles. The number of ether oxygens (including phenoxy) is 1. The van der Waals surface area contributed by atoms with Crippen LogP contribution in [-0.4, -0.2) is 42.3 Å². The molecule has 0 aromatic heterocycles. The van der Waals surface area contributed by atoms with E-state index < -0.39 is 8.80 Å². The van der Waals surface area contributed by atoms with Gasteiger partial charge in [0.15, 0.2) is 0 Å². The van der Waals surface area contributed by atoms with E-state index in [1.165, 1.54) is 0 Å². The van der Waals surface area contributed by atoms with Crippen molar-refractivity contribution in [2.24, 2.45) is 0 Å². The zero-order valence-electron chi connectivity index (χ0n) is 8.70. The van der Waals surface area contributed by atoms with Gasteiger partial charge in [0.25, 0.3) is 0 Å². The Bertz CT molecular complexity index is 152. The van der Waals surface area contributed by atoms with Crippen LogP contribution in [0.5, 0.6) is 0 Å². The van der Waals surface area contributed by atoms with Gasteiger partial charge in [-0.2, -0.15) is 0 Å². The molecule has 5 heteroatoms. The fourth-order valence-electron chi connectivity index (χ4n) is 1.46. The second-order valence-electron chi connectivity index (χ2n) is 3.12. The van der Waals surface area contributed by atoms with Crippen molar-refractivity contribution in [3.8, 4) is 0 Å². The third-order valence-corrected chi connectivity index (χ3v) is 5.24. The van der Waals surface area contributed by atoms with E-state index in [1.54, 1.807) is 21.3 Å². The predicted molar refractivity (Wildman–Crippen MR) is 50.5 cm³/mol. The Labute approximate surface area is 80.5 Å². The van der Waals surface area contributed by atoms with E-state index in [9.17, 15) is 0 Å². The molecule has 78 valence electrons. The first kappa shape index (κ1) is 11.1. The molecule has 1 heterocycles. The zero-order chi connectivity index (χ0) is 9.90. The van der Waals surface area contributed by atoms with Gasteiger partial charge in [0.2, 0.25) is 0 Å². The van der Waals surface area contributed by atoms with E-state index in [1.807, 2.05) is 0 Å². The third-order valence-electron chi connectivity index (χ3n) is 2.47. The summed E-state index contributed by atoms with van der Waals surface area (Å²) < 4.78 is 21.3. The lowest BCUT2D eigenvalue weighted by molar-refractivity contribution is 0.121. The van der Waals surface area contributed by atoms with E-state index in [2.05, 4.69) is 6.92 Å². The Kier molecular flexibility index (Phi) is 3.87. The summed E-state index contributed by atoms with van der Waals surface area (Å²) in [6.07, 6.45) is 1.70. The van der Waals surface area contributed by atoms with E-state index in [4.69, 9.17) is 18.0 Å². The molecule has 0 N–H and O–H groups in total. The SMILES string of the molecule is CCC1OC1C[Si](OC)(OC)OC. The number of epoxide rings is 1. The summed E-state index contributed by atoms with van der Waals surface area (Å²) in [5.74, 6) is 0. The van der Waals surface area contributed by atoms with Crippen LogP contribution in [0.2, 0.25) is 6.04 Å². The Morgan fingerprint density at radius 2 is 1.62 bits per heavy atom. The normalized spacial score (nSPS) is 27.7. The first-order valence-electron chi connectivity index (χ1n) is 4.52. The van der Waals surface area contributed by atoms with Gasteiger partial charge in [-0.15, -0.1) is 0 Å². The first-order valence-corrected chi connectivity index (χ1v) is 6.45. The van der Waals surface area contributed by atoms with Gasteiger partial charge in [0, 0.05) is 27.4 Å². The second kappa shape index (κ2) is 4.52. The van der Waals surface area contributed by atoms with Gasteiger partial charge in [0.1, 0.15) is 0 Å². The highest BCUT2D eigenvalue weighted by Gasteiger charge is 2.49. The monoisotopic (exact) mass is 206 g/mol. The Balaban J connectivity index is 2.39. The van der Waals surface area contributed by atoms with E-state index in [-0.39, 0.29) is 6.10 Å². The maximum Gasteiger partial charge on any atom is 0.502 e. The van der Waals surface area contributed by atoms with Crippen molar-refractivity contribution in [2.45, 2.75) is 31.6 Å². The van der Waals surface area contributed by atoms with Crippen LogP contribution in [0.3, 0.4) is 0 Å². The third kappa shape index (κ3) is 2.51. The Morgan fingerprint density at radius 1 is 1.08 bits per heavy atom. The molecular weight excluding hydrogens is 188 g/mol. The largest absolute Gasteiger partial charge is 0.502 e. The highest BCUT2D eigenvalue weighted by Crippen LogP contribution is 2.33. The molecule has 2 unspecified atom stereocenters. The molecule has 0 aromatic rings. The summed E-state index contributed by atoms with van der Waals surface area (Å²) in [4.78, 5) is 0. The smallest absolute Gasteiger partial charge is 0.377 e. The fourth-order valence-corrected chi connectivity index (χ4v) is 3.32. The van der Waals surface area contributed by atoms with Crippen molar-refractivity contribution in [1.82, 2.24) is 0 Å². The molecule has 0 spiro atoms. The lowest BCUT2D eigenvalue weighted by Crippen LogP contribution is -2.44. The van der Waals surface area contributed by atoms with E-state index >= 15 is 0 Å². The predicted octanol–water partition coefficient (Wildman–Crippen LogP) is 1.04. The molecule has 1 aliphatic heterocycles. The van der Waals surface area contributed by atoms with Crippen molar-refractivity contribution < 1.29 is 18.0 Å². The number of hydrogen-bond donors (Lipinski definition) is 0. The summed E-state index contributed by atoms with van der Waals surface area (Å²) >= 11 is 0. The molecule has 13 heavy (non-hydrogen) atoms. The van der Waals surface area contributed by atoms with Gasteiger partial charge in [0.05, 0.1) is 12.2 Å². The average Bonchev–Trinajstić information content (AvgIpc) is 2.93. The molecule has 2 atom stereocenters. The Hall–Kier alpha value is 0.0569. The molecule has 0 aliphatic carbocycles. The topological polar surface area (TPSA) is 40.2 Å². The van der Waals surface area contributed by atoms with E-state index in [0.717, 1.165) is 12.5 Å². The standard InChI is InChI=1S/C8H18O4Si/c1-5-7-8(12-7)6-13(9-2,10-3)11-4/h7-8H,5-6H2,1-4H3. The average molecular weight is 206 g/mol. The van der Waals surface area contributed by atoms with Crippen LogP contribution in [0.15, 0.2) is 0 Å². The van der Waals surface area contributed by atoms with Crippen LogP contribution < -0.4 is 0 Å². The summed E-state index contributed by atoms with van der Waals surface area (Å²) in [5, 5.41) is 0. The van der Waals surface area contributed by atoms with Crippen LogP contribution >= 0.6 is 0 Å². The minimum absolute atomic E-state index is 0.275. The molecule has 0 aromatic carbocycles. The minimum atomic E-state index is -2.40. The molecule has 0 bridgehead atoms. The Morgan fingerprint density at radius 3 is 1.92 bits per heavy atom. The number of rotatable bonds is 6. The van der Waals surface area contributed by atoms with Gasteiger partial charge >= 0.3 is 8.80 Å². The first-order chi connectivity index (χ1) is 6.21. The second-order valence-corrected chi connectivity index (χ2v) is 6.12. The van der Waals surface area contributed by atoms with Gasteiger partial charge < -0.3 is 18.0 Å².